The van der Waals surface area contributed by atoms with Gasteiger partial charge in [-0.2, -0.15) is 0 Å². The minimum absolute atomic E-state index is 0.0425. The first kappa shape index (κ1) is 20.2. The Hall–Kier alpha value is -3.55. The van der Waals surface area contributed by atoms with Gasteiger partial charge in [-0.05, 0) is 55.5 Å². The molecule has 1 aliphatic rings. The van der Waals surface area contributed by atoms with E-state index in [1.54, 1.807) is 29.2 Å². The highest BCUT2D eigenvalue weighted by Crippen LogP contribution is 2.24. The Balaban J connectivity index is 1.53. The Bertz CT molecular complexity index is 881. The number of anilines is 3. The number of nitrogens with one attached hydrogen (secondary N) is 3. The van der Waals surface area contributed by atoms with Crippen LogP contribution in [0.1, 0.15) is 20.3 Å². The summed E-state index contributed by atoms with van der Waals surface area (Å²) in [5, 5.41) is 8.22. The summed E-state index contributed by atoms with van der Waals surface area (Å²) in [6.07, 6.45) is 0.238. The Morgan fingerprint density at radius 2 is 1.66 bits per heavy atom. The molecular formula is C21H24N4O4. The third kappa shape index (κ3) is 5.47. The lowest BCUT2D eigenvalue weighted by molar-refractivity contribution is -0.117. The van der Waals surface area contributed by atoms with Crippen LogP contribution in [-0.2, 0) is 9.59 Å². The molecule has 1 fully saturated rings. The number of urea groups is 1. The average molecular weight is 396 g/mol. The summed E-state index contributed by atoms with van der Waals surface area (Å²) in [4.78, 5) is 37.3. The fraction of sp³-hybridized carbons (Fsp3) is 0.286. The van der Waals surface area contributed by atoms with Gasteiger partial charge < -0.3 is 25.6 Å². The summed E-state index contributed by atoms with van der Waals surface area (Å²) >= 11 is 0. The molecule has 2 aromatic carbocycles. The van der Waals surface area contributed by atoms with Crippen molar-refractivity contribution in [3.05, 3.63) is 48.5 Å². The molecule has 0 radical (unpaired) electrons. The van der Waals surface area contributed by atoms with Crippen molar-refractivity contribution < 1.29 is 19.1 Å². The number of nitrogens with zero attached hydrogens (tertiary/aromatic N) is 1. The fourth-order valence-electron chi connectivity index (χ4n) is 3.14. The largest absolute Gasteiger partial charge is 0.494 e. The van der Waals surface area contributed by atoms with Crippen molar-refractivity contribution in [1.29, 1.82) is 0 Å². The molecule has 2 aromatic rings. The van der Waals surface area contributed by atoms with E-state index in [2.05, 4.69) is 16.0 Å². The number of ether oxygens (including phenoxy) is 1. The average Bonchev–Trinajstić information content (AvgIpc) is 3.04. The van der Waals surface area contributed by atoms with E-state index in [0.717, 1.165) is 11.4 Å². The standard InChI is InChI=1S/C21H24N4O4/c1-3-29-19-10-8-18(9-11-19)25-13-17(12-20(25)27)24-21(28)23-16-6-4-15(5-7-16)22-14(2)26/h4-11,17H,3,12-13H2,1-2H3,(H,22,26)(H2,23,24,28)/t17-/m0/s1. The molecule has 1 heterocycles. The maximum atomic E-state index is 12.3. The molecule has 152 valence electrons. The number of carbonyl (C=O) groups is 3. The van der Waals surface area contributed by atoms with E-state index < -0.39 is 0 Å². The summed E-state index contributed by atoms with van der Waals surface area (Å²) in [6.45, 7) is 4.33. The van der Waals surface area contributed by atoms with Gasteiger partial charge in [-0.15, -0.1) is 0 Å². The van der Waals surface area contributed by atoms with Gasteiger partial charge in [0.1, 0.15) is 5.75 Å². The molecule has 1 saturated heterocycles. The molecule has 0 bridgehead atoms. The first-order valence-corrected chi connectivity index (χ1v) is 9.43. The quantitative estimate of drug-likeness (QED) is 0.699. The van der Waals surface area contributed by atoms with Crippen LogP contribution < -0.4 is 25.6 Å². The van der Waals surface area contributed by atoms with E-state index >= 15 is 0 Å². The van der Waals surface area contributed by atoms with Gasteiger partial charge in [-0.1, -0.05) is 0 Å². The second-order valence-electron chi connectivity index (χ2n) is 6.69. The smallest absolute Gasteiger partial charge is 0.319 e. The first-order chi connectivity index (χ1) is 13.9. The number of benzene rings is 2. The number of carbonyl (C=O) groups excluding carboxylic acids is 3. The lowest BCUT2D eigenvalue weighted by Gasteiger charge is -2.18. The van der Waals surface area contributed by atoms with Crippen molar-refractivity contribution in [3.8, 4) is 5.75 Å². The van der Waals surface area contributed by atoms with Crippen molar-refractivity contribution in [2.24, 2.45) is 0 Å². The van der Waals surface area contributed by atoms with E-state index in [0.29, 0.717) is 24.5 Å². The molecule has 1 atom stereocenters. The van der Waals surface area contributed by atoms with E-state index in [1.807, 2.05) is 31.2 Å². The summed E-state index contributed by atoms with van der Waals surface area (Å²) in [5.41, 5.74) is 2.01. The number of hydrogen-bond acceptors (Lipinski definition) is 4. The Morgan fingerprint density at radius 3 is 2.24 bits per heavy atom. The molecule has 1 aliphatic heterocycles. The van der Waals surface area contributed by atoms with Crippen molar-refractivity contribution in [1.82, 2.24) is 5.32 Å². The van der Waals surface area contributed by atoms with Crippen LogP contribution in [0.15, 0.2) is 48.5 Å². The molecular weight excluding hydrogens is 372 g/mol. The topological polar surface area (TPSA) is 99.8 Å². The lowest BCUT2D eigenvalue weighted by atomic mass is 10.2. The Kier molecular flexibility index (Phi) is 6.33. The van der Waals surface area contributed by atoms with Gasteiger partial charge in [0.25, 0.3) is 0 Å². The van der Waals surface area contributed by atoms with Crippen LogP contribution in [0, 0.1) is 0 Å². The summed E-state index contributed by atoms with van der Waals surface area (Å²) < 4.78 is 5.42. The first-order valence-electron chi connectivity index (χ1n) is 9.43. The summed E-state index contributed by atoms with van der Waals surface area (Å²) in [5.74, 6) is 0.548. The zero-order valence-electron chi connectivity index (χ0n) is 16.4. The van der Waals surface area contributed by atoms with Crippen LogP contribution in [0.4, 0.5) is 21.9 Å². The van der Waals surface area contributed by atoms with Gasteiger partial charge in [0.2, 0.25) is 11.8 Å². The van der Waals surface area contributed by atoms with Crippen molar-refractivity contribution in [2.75, 3.05) is 28.7 Å². The van der Waals surface area contributed by atoms with Gasteiger partial charge >= 0.3 is 6.03 Å². The van der Waals surface area contributed by atoms with E-state index in [4.69, 9.17) is 4.74 Å². The maximum absolute atomic E-state index is 12.3. The SMILES string of the molecule is CCOc1ccc(N2C[C@@H](NC(=O)Nc3ccc(NC(C)=O)cc3)CC2=O)cc1. The minimum Gasteiger partial charge on any atom is -0.494 e. The number of rotatable bonds is 6. The Morgan fingerprint density at radius 1 is 1.03 bits per heavy atom. The molecule has 0 unspecified atom stereocenters. The van der Waals surface area contributed by atoms with E-state index in [1.165, 1.54) is 6.92 Å². The molecule has 4 amide bonds. The third-order valence-corrected chi connectivity index (χ3v) is 4.38. The molecule has 0 aromatic heterocycles. The van der Waals surface area contributed by atoms with Gasteiger partial charge in [-0.25, -0.2) is 4.79 Å². The minimum atomic E-state index is -0.386. The normalized spacial score (nSPS) is 15.7. The predicted octanol–water partition coefficient (Wildman–Crippen LogP) is 2.97. The summed E-state index contributed by atoms with van der Waals surface area (Å²) in [6, 6.07) is 13.4. The predicted molar refractivity (Wildman–Crippen MR) is 111 cm³/mol. The summed E-state index contributed by atoms with van der Waals surface area (Å²) in [7, 11) is 0. The molecule has 0 aliphatic carbocycles. The highest BCUT2D eigenvalue weighted by atomic mass is 16.5. The third-order valence-electron chi connectivity index (χ3n) is 4.38. The molecule has 0 saturated carbocycles. The van der Waals surface area contributed by atoms with Crippen LogP contribution in [0.25, 0.3) is 0 Å². The van der Waals surface area contributed by atoms with Gasteiger partial charge in [-0.3, -0.25) is 9.59 Å². The highest BCUT2D eigenvalue weighted by Gasteiger charge is 2.31. The molecule has 8 heteroatoms. The zero-order valence-corrected chi connectivity index (χ0v) is 16.4. The van der Waals surface area contributed by atoms with E-state index in [9.17, 15) is 14.4 Å². The molecule has 0 spiro atoms. The van der Waals surface area contributed by atoms with Crippen LogP contribution in [0.3, 0.4) is 0 Å². The maximum Gasteiger partial charge on any atom is 0.319 e. The number of amides is 4. The highest BCUT2D eigenvalue weighted by molar-refractivity contribution is 5.97. The Labute approximate surface area is 169 Å². The molecule has 8 nitrogen and oxygen atoms in total. The number of hydrogen-bond donors (Lipinski definition) is 3. The monoisotopic (exact) mass is 396 g/mol. The van der Waals surface area contributed by atoms with Gasteiger partial charge in [0.05, 0.1) is 12.6 Å². The fourth-order valence-corrected chi connectivity index (χ4v) is 3.14. The van der Waals surface area contributed by atoms with Crippen LogP contribution in [-0.4, -0.2) is 37.0 Å². The second kappa shape index (κ2) is 9.09. The molecule has 3 rings (SSSR count). The zero-order chi connectivity index (χ0) is 20.8. The van der Waals surface area contributed by atoms with Gasteiger partial charge in [0.15, 0.2) is 0 Å². The van der Waals surface area contributed by atoms with Crippen molar-refractivity contribution in [3.63, 3.8) is 0 Å². The van der Waals surface area contributed by atoms with Crippen molar-refractivity contribution in [2.45, 2.75) is 26.3 Å². The van der Waals surface area contributed by atoms with Gasteiger partial charge in [0, 0.05) is 37.0 Å². The van der Waals surface area contributed by atoms with Crippen LogP contribution >= 0.6 is 0 Å². The second-order valence-corrected chi connectivity index (χ2v) is 6.69. The molecule has 3 N–H and O–H groups in total. The van der Waals surface area contributed by atoms with E-state index in [-0.39, 0.29) is 30.3 Å². The van der Waals surface area contributed by atoms with Crippen LogP contribution in [0.5, 0.6) is 5.75 Å². The lowest BCUT2D eigenvalue weighted by Crippen LogP contribution is -2.39. The van der Waals surface area contributed by atoms with Crippen LogP contribution in [0.2, 0.25) is 0 Å². The molecule has 29 heavy (non-hydrogen) atoms. The van der Waals surface area contributed by atoms with Crippen molar-refractivity contribution >= 4 is 34.9 Å².